The summed E-state index contributed by atoms with van der Waals surface area (Å²) >= 11 is 0. The number of nitrogens with one attached hydrogen (secondary N) is 1. The third-order valence-electron chi connectivity index (χ3n) is 5.42. The number of amides is 1. The first-order valence-corrected chi connectivity index (χ1v) is 11.0. The Hall–Kier alpha value is -1.80. The second-order valence-electron chi connectivity index (χ2n) is 7.13. The predicted octanol–water partition coefficient (Wildman–Crippen LogP) is 2.31. The van der Waals surface area contributed by atoms with Crippen molar-refractivity contribution in [2.45, 2.75) is 61.9 Å². The second-order valence-corrected chi connectivity index (χ2v) is 8.99. The van der Waals surface area contributed by atoms with Gasteiger partial charge in [-0.05, 0) is 37.8 Å². The van der Waals surface area contributed by atoms with E-state index in [1.54, 1.807) is 12.1 Å². The Bertz CT molecular complexity index is 774. The molecule has 0 bridgehead atoms. The van der Waals surface area contributed by atoms with E-state index in [9.17, 15) is 13.2 Å². The highest BCUT2D eigenvalue weighted by molar-refractivity contribution is 7.89. The van der Waals surface area contributed by atoms with Gasteiger partial charge >= 0.3 is 0 Å². The zero-order chi connectivity index (χ0) is 19.4. The van der Waals surface area contributed by atoms with Crippen molar-refractivity contribution in [2.75, 3.05) is 20.8 Å². The fraction of sp³-hybridized carbons (Fsp3) is 0.632. The van der Waals surface area contributed by atoms with Crippen LogP contribution in [0.1, 0.15) is 44.9 Å². The van der Waals surface area contributed by atoms with E-state index in [0.717, 1.165) is 25.7 Å². The van der Waals surface area contributed by atoms with Gasteiger partial charge in [-0.1, -0.05) is 19.3 Å². The summed E-state index contributed by atoms with van der Waals surface area (Å²) in [6, 6.07) is 4.15. The van der Waals surface area contributed by atoms with Gasteiger partial charge < -0.3 is 14.8 Å². The van der Waals surface area contributed by atoms with Gasteiger partial charge in [-0.25, -0.2) is 8.42 Å². The summed E-state index contributed by atoms with van der Waals surface area (Å²) in [6.07, 6.45) is 6.55. The van der Waals surface area contributed by atoms with Crippen LogP contribution in [0.4, 0.5) is 0 Å². The van der Waals surface area contributed by atoms with Crippen molar-refractivity contribution in [1.29, 1.82) is 0 Å². The van der Waals surface area contributed by atoms with Crippen LogP contribution in [0.25, 0.3) is 0 Å². The van der Waals surface area contributed by atoms with Crippen molar-refractivity contribution in [3.05, 3.63) is 18.2 Å². The van der Waals surface area contributed by atoms with Gasteiger partial charge in [0.25, 0.3) is 0 Å². The number of rotatable bonds is 6. The van der Waals surface area contributed by atoms with Crippen LogP contribution in [-0.2, 0) is 14.8 Å². The minimum Gasteiger partial charge on any atom is -0.497 e. The Balaban J connectivity index is 1.83. The lowest BCUT2D eigenvalue weighted by molar-refractivity contribution is -0.125. The minimum atomic E-state index is -3.88. The topological polar surface area (TPSA) is 84.9 Å². The molecule has 2 fully saturated rings. The fourth-order valence-corrected chi connectivity index (χ4v) is 5.78. The van der Waals surface area contributed by atoms with Crippen LogP contribution < -0.4 is 14.8 Å². The molecule has 150 valence electrons. The van der Waals surface area contributed by atoms with Crippen LogP contribution in [0.5, 0.6) is 11.5 Å². The first kappa shape index (κ1) is 19.9. The highest BCUT2D eigenvalue weighted by Crippen LogP contribution is 2.34. The Labute approximate surface area is 161 Å². The number of carbonyl (C=O) groups is 1. The van der Waals surface area contributed by atoms with E-state index in [0.29, 0.717) is 25.1 Å². The smallest absolute Gasteiger partial charge is 0.247 e. The zero-order valence-corrected chi connectivity index (χ0v) is 16.8. The molecular formula is C19H28N2O5S. The molecule has 1 aromatic carbocycles. The quantitative estimate of drug-likeness (QED) is 0.798. The van der Waals surface area contributed by atoms with E-state index in [4.69, 9.17) is 9.47 Å². The lowest BCUT2D eigenvalue weighted by atomic mass is 9.95. The molecule has 1 aliphatic carbocycles. The van der Waals surface area contributed by atoms with Crippen LogP contribution in [0.15, 0.2) is 23.1 Å². The number of nitrogens with zero attached hydrogens (tertiary/aromatic N) is 1. The normalized spacial score (nSPS) is 21.8. The third-order valence-corrected chi connectivity index (χ3v) is 7.34. The van der Waals surface area contributed by atoms with Gasteiger partial charge in [0.1, 0.15) is 22.4 Å². The molecule has 1 saturated heterocycles. The van der Waals surface area contributed by atoms with Gasteiger partial charge in [0.15, 0.2) is 0 Å². The molecule has 2 aliphatic rings. The Morgan fingerprint density at radius 1 is 1.07 bits per heavy atom. The molecule has 1 amide bonds. The maximum atomic E-state index is 13.3. The monoisotopic (exact) mass is 396 g/mol. The van der Waals surface area contributed by atoms with Crippen molar-refractivity contribution >= 4 is 15.9 Å². The standard InChI is InChI=1S/C19H28N2O5S/c1-25-15-10-11-17(26-2)18(13-15)27(23,24)21-12-6-9-16(21)19(22)20-14-7-4-3-5-8-14/h10-11,13-14,16H,3-9,12H2,1-2H3,(H,20,22)/t16-/m1/s1. The van der Waals surface area contributed by atoms with Crippen LogP contribution >= 0.6 is 0 Å². The molecule has 7 nitrogen and oxygen atoms in total. The number of hydrogen-bond acceptors (Lipinski definition) is 5. The first-order chi connectivity index (χ1) is 13.0. The van der Waals surface area contributed by atoms with Crippen molar-refractivity contribution < 1.29 is 22.7 Å². The molecule has 1 aromatic rings. The molecular weight excluding hydrogens is 368 g/mol. The predicted molar refractivity (Wildman–Crippen MR) is 101 cm³/mol. The molecule has 3 rings (SSSR count). The van der Waals surface area contributed by atoms with Crippen LogP contribution in [-0.4, -0.2) is 51.5 Å². The number of hydrogen-bond donors (Lipinski definition) is 1. The van der Waals surface area contributed by atoms with E-state index in [2.05, 4.69) is 5.32 Å². The molecule has 0 radical (unpaired) electrons. The lowest BCUT2D eigenvalue weighted by Gasteiger charge is -2.28. The summed E-state index contributed by atoms with van der Waals surface area (Å²) in [6.45, 7) is 0.325. The molecule has 27 heavy (non-hydrogen) atoms. The SMILES string of the molecule is COc1ccc(OC)c(S(=O)(=O)N2CCC[C@@H]2C(=O)NC2CCCCC2)c1. The largest absolute Gasteiger partial charge is 0.497 e. The van der Waals surface area contributed by atoms with Gasteiger partial charge in [0, 0.05) is 18.7 Å². The Morgan fingerprint density at radius 2 is 1.81 bits per heavy atom. The summed E-state index contributed by atoms with van der Waals surface area (Å²) in [4.78, 5) is 12.8. The highest BCUT2D eigenvalue weighted by atomic mass is 32.2. The molecule has 0 aromatic heterocycles. The van der Waals surface area contributed by atoms with E-state index >= 15 is 0 Å². The van der Waals surface area contributed by atoms with Gasteiger partial charge in [0.2, 0.25) is 15.9 Å². The van der Waals surface area contributed by atoms with Crippen molar-refractivity contribution in [2.24, 2.45) is 0 Å². The van der Waals surface area contributed by atoms with Crippen molar-refractivity contribution in [1.82, 2.24) is 9.62 Å². The molecule has 1 atom stereocenters. The summed E-state index contributed by atoms with van der Waals surface area (Å²) in [5, 5.41) is 3.06. The average Bonchev–Trinajstić information content (AvgIpc) is 3.19. The zero-order valence-electron chi connectivity index (χ0n) is 15.9. The number of sulfonamides is 1. The number of carbonyl (C=O) groups excluding carboxylic acids is 1. The summed E-state index contributed by atoms with van der Waals surface area (Å²) in [7, 11) is -0.972. The van der Waals surface area contributed by atoms with Gasteiger partial charge in [0.05, 0.1) is 14.2 Å². The van der Waals surface area contributed by atoms with E-state index in [-0.39, 0.29) is 22.6 Å². The van der Waals surface area contributed by atoms with E-state index in [1.807, 2.05) is 0 Å². The van der Waals surface area contributed by atoms with Crippen LogP contribution in [0.3, 0.4) is 0 Å². The van der Waals surface area contributed by atoms with E-state index < -0.39 is 16.1 Å². The fourth-order valence-electron chi connectivity index (χ4n) is 3.95. The number of benzene rings is 1. The summed E-state index contributed by atoms with van der Waals surface area (Å²) in [5.74, 6) is 0.482. The van der Waals surface area contributed by atoms with Gasteiger partial charge in [-0.2, -0.15) is 4.31 Å². The lowest BCUT2D eigenvalue weighted by Crippen LogP contribution is -2.49. The third kappa shape index (κ3) is 4.21. The maximum absolute atomic E-state index is 13.3. The number of methoxy groups -OCH3 is 2. The number of ether oxygens (including phenoxy) is 2. The summed E-state index contributed by atoms with van der Waals surface area (Å²) < 4.78 is 38.3. The molecule has 1 saturated carbocycles. The van der Waals surface area contributed by atoms with Gasteiger partial charge in [-0.3, -0.25) is 4.79 Å². The Morgan fingerprint density at radius 3 is 2.48 bits per heavy atom. The molecule has 1 N–H and O–H groups in total. The maximum Gasteiger partial charge on any atom is 0.247 e. The molecule has 0 spiro atoms. The first-order valence-electron chi connectivity index (χ1n) is 9.51. The van der Waals surface area contributed by atoms with Crippen molar-refractivity contribution in [3.8, 4) is 11.5 Å². The average molecular weight is 397 g/mol. The molecule has 1 heterocycles. The van der Waals surface area contributed by atoms with Crippen LogP contribution in [0, 0.1) is 0 Å². The van der Waals surface area contributed by atoms with Crippen molar-refractivity contribution in [3.63, 3.8) is 0 Å². The molecule has 8 heteroatoms. The molecule has 1 aliphatic heterocycles. The summed E-state index contributed by atoms with van der Waals surface area (Å²) in [5.41, 5.74) is 0. The molecule has 0 unspecified atom stereocenters. The second kappa shape index (κ2) is 8.48. The Kier molecular flexibility index (Phi) is 6.26. The van der Waals surface area contributed by atoms with E-state index in [1.165, 1.54) is 31.0 Å². The van der Waals surface area contributed by atoms with Gasteiger partial charge in [-0.15, -0.1) is 0 Å². The van der Waals surface area contributed by atoms with Crippen LogP contribution in [0.2, 0.25) is 0 Å². The minimum absolute atomic E-state index is 0.0294. The highest BCUT2D eigenvalue weighted by Gasteiger charge is 2.41.